The Balaban J connectivity index is 2.84. The highest BCUT2D eigenvalue weighted by Gasteiger charge is 2.21. The lowest BCUT2D eigenvalue weighted by Crippen LogP contribution is -2.26. The average Bonchev–Trinajstić information content (AvgIpc) is 2.48. The number of nitrogens with one attached hydrogen (secondary N) is 2. The van der Waals surface area contributed by atoms with E-state index < -0.39 is 10.8 Å². The van der Waals surface area contributed by atoms with E-state index >= 15 is 0 Å². The van der Waals surface area contributed by atoms with Crippen molar-refractivity contribution in [3.05, 3.63) is 27.9 Å². The number of pyridine rings is 1. The van der Waals surface area contributed by atoms with E-state index in [0.29, 0.717) is 31.9 Å². The molecule has 8 nitrogen and oxygen atoms in total. The van der Waals surface area contributed by atoms with Gasteiger partial charge in [0.2, 0.25) is 0 Å². The van der Waals surface area contributed by atoms with E-state index in [1.54, 1.807) is 7.11 Å². The molecule has 0 aliphatic rings. The summed E-state index contributed by atoms with van der Waals surface area (Å²) in [4.78, 5) is 26.3. The second-order valence-corrected chi connectivity index (χ2v) is 4.37. The van der Waals surface area contributed by atoms with Gasteiger partial charge in [-0.1, -0.05) is 6.92 Å². The Hall–Kier alpha value is -2.22. The molecular weight excluding hydrogens is 276 g/mol. The first kappa shape index (κ1) is 16.8. The first-order chi connectivity index (χ1) is 10.1. The number of hydrogen-bond donors (Lipinski definition) is 2. The van der Waals surface area contributed by atoms with E-state index in [2.05, 4.69) is 15.6 Å². The van der Waals surface area contributed by atoms with E-state index in [0.717, 1.165) is 12.6 Å². The molecule has 0 fully saturated rings. The second-order valence-electron chi connectivity index (χ2n) is 4.37. The van der Waals surface area contributed by atoms with Crippen molar-refractivity contribution in [3.63, 3.8) is 0 Å². The Morgan fingerprint density at radius 2 is 2.24 bits per heavy atom. The van der Waals surface area contributed by atoms with Gasteiger partial charge in [0.15, 0.2) is 0 Å². The van der Waals surface area contributed by atoms with Crippen LogP contribution >= 0.6 is 0 Å². The summed E-state index contributed by atoms with van der Waals surface area (Å²) in [5, 5.41) is 16.6. The maximum absolute atomic E-state index is 12.0. The van der Waals surface area contributed by atoms with Gasteiger partial charge >= 0.3 is 0 Å². The molecule has 116 valence electrons. The third-order valence-corrected chi connectivity index (χ3v) is 2.69. The molecule has 1 amide bonds. The van der Waals surface area contributed by atoms with Crippen molar-refractivity contribution in [3.8, 4) is 0 Å². The van der Waals surface area contributed by atoms with E-state index in [9.17, 15) is 14.9 Å². The Bertz CT molecular complexity index is 493. The van der Waals surface area contributed by atoms with Crippen molar-refractivity contribution < 1.29 is 14.5 Å². The van der Waals surface area contributed by atoms with Crippen molar-refractivity contribution in [1.82, 2.24) is 10.3 Å². The standard InChI is InChI=1S/C13H20N4O4/c1-3-5-14-12-8-10(11(9-16-12)17(19)20)13(18)15-6-4-7-21-2/h8-9H,3-7H2,1-2H3,(H,14,16)(H,15,18). The Kier molecular flexibility index (Phi) is 7.10. The van der Waals surface area contributed by atoms with Gasteiger partial charge in [0, 0.05) is 32.9 Å². The number of nitrogens with zero attached hydrogens (tertiary/aromatic N) is 2. The van der Waals surface area contributed by atoms with Crippen LogP contribution in [0.25, 0.3) is 0 Å². The minimum atomic E-state index is -0.610. The van der Waals surface area contributed by atoms with Crippen LogP contribution in [0.3, 0.4) is 0 Å². The molecule has 0 saturated heterocycles. The number of hydrogen-bond acceptors (Lipinski definition) is 6. The zero-order valence-corrected chi connectivity index (χ0v) is 12.2. The van der Waals surface area contributed by atoms with Crippen molar-refractivity contribution in [2.45, 2.75) is 19.8 Å². The van der Waals surface area contributed by atoms with Crippen LogP contribution in [0.2, 0.25) is 0 Å². The first-order valence-corrected chi connectivity index (χ1v) is 6.75. The van der Waals surface area contributed by atoms with Gasteiger partial charge in [-0.3, -0.25) is 14.9 Å². The fraction of sp³-hybridized carbons (Fsp3) is 0.538. The normalized spacial score (nSPS) is 10.2. The minimum Gasteiger partial charge on any atom is -0.385 e. The molecule has 1 rings (SSSR count). The molecule has 1 aromatic rings. The molecule has 8 heteroatoms. The highest BCUT2D eigenvalue weighted by Crippen LogP contribution is 2.20. The molecule has 1 aromatic heterocycles. The lowest BCUT2D eigenvalue weighted by atomic mass is 10.2. The molecule has 0 spiro atoms. The summed E-state index contributed by atoms with van der Waals surface area (Å²) in [5.41, 5.74) is -0.299. The van der Waals surface area contributed by atoms with Crippen LogP contribution in [0.1, 0.15) is 30.1 Å². The first-order valence-electron chi connectivity index (χ1n) is 6.75. The maximum Gasteiger partial charge on any atom is 0.300 e. The van der Waals surface area contributed by atoms with Crippen LogP contribution in [0.4, 0.5) is 11.5 Å². The van der Waals surface area contributed by atoms with Crippen LogP contribution in [-0.2, 0) is 4.74 Å². The number of anilines is 1. The summed E-state index contributed by atoms with van der Waals surface area (Å²) in [6.45, 7) is 3.58. The van der Waals surface area contributed by atoms with Crippen LogP contribution in [0.15, 0.2) is 12.3 Å². The van der Waals surface area contributed by atoms with Gasteiger partial charge in [-0.15, -0.1) is 0 Å². The zero-order valence-electron chi connectivity index (χ0n) is 12.2. The largest absolute Gasteiger partial charge is 0.385 e. The van der Waals surface area contributed by atoms with Crippen molar-refractivity contribution in [2.24, 2.45) is 0 Å². The number of nitro groups is 1. The molecule has 21 heavy (non-hydrogen) atoms. The lowest BCUT2D eigenvalue weighted by molar-refractivity contribution is -0.385. The van der Waals surface area contributed by atoms with Crippen LogP contribution in [0.5, 0.6) is 0 Å². The highest BCUT2D eigenvalue weighted by atomic mass is 16.6. The molecule has 2 N–H and O–H groups in total. The molecule has 0 radical (unpaired) electrons. The number of rotatable bonds is 9. The number of aromatic nitrogens is 1. The summed E-state index contributed by atoms with van der Waals surface area (Å²) < 4.78 is 4.88. The Morgan fingerprint density at radius 3 is 2.86 bits per heavy atom. The highest BCUT2D eigenvalue weighted by molar-refractivity contribution is 5.98. The second kappa shape index (κ2) is 8.85. The third-order valence-electron chi connectivity index (χ3n) is 2.69. The van der Waals surface area contributed by atoms with Gasteiger partial charge < -0.3 is 15.4 Å². The van der Waals surface area contributed by atoms with E-state index in [4.69, 9.17) is 4.74 Å². The average molecular weight is 296 g/mol. The summed E-state index contributed by atoms with van der Waals surface area (Å²) in [7, 11) is 1.57. The minimum absolute atomic E-state index is 0.00557. The van der Waals surface area contributed by atoms with Crippen molar-refractivity contribution in [2.75, 3.05) is 32.1 Å². The zero-order chi connectivity index (χ0) is 15.7. The van der Waals surface area contributed by atoms with Gasteiger partial charge in [0.25, 0.3) is 11.6 Å². The van der Waals surface area contributed by atoms with E-state index in [1.807, 2.05) is 6.92 Å². The Labute approximate surface area is 123 Å². The SMILES string of the molecule is CCCNc1cc(C(=O)NCCCOC)c([N+](=O)[O-])cn1. The monoisotopic (exact) mass is 296 g/mol. The third kappa shape index (κ3) is 5.35. The lowest BCUT2D eigenvalue weighted by Gasteiger charge is -2.08. The number of carbonyl (C=O) groups is 1. The molecule has 0 bridgehead atoms. The molecule has 0 aromatic carbocycles. The molecule has 0 unspecified atom stereocenters. The maximum atomic E-state index is 12.0. The quantitative estimate of drug-likeness (QED) is 0.407. The number of ether oxygens (including phenoxy) is 1. The molecule has 0 atom stereocenters. The number of amides is 1. The Morgan fingerprint density at radius 1 is 1.48 bits per heavy atom. The summed E-state index contributed by atoms with van der Waals surface area (Å²) >= 11 is 0. The van der Waals surface area contributed by atoms with Gasteiger partial charge in [0.05, 0.1) is 4.92 Å². The van der Waals surface area contributed by atoms with Crippen molar-refractivity contribution in [1.29, 1.82) is 0 Å². The van der Waals surface area contributed by atoms with Crippen LogP contribution < -0.4 is 10.6 Å². The van der Waals surface area contributed by atoms with Crippen molar-refractivity contribution >= 4 is 17.4 Å². The topological polar surface area (TPSA) is 106 Å². The fourth-order valence-electron chi connectivity index (χ4n) is 1.64. The fourth-order valence-corrected chi connectivity index (χ4v) is 1.64. The molecule has 1 heterocycles. The summed E-state index contributed by atoms with van der Waals surface area (Å²) in [6.07, 6.45) is 2.63. The molecule has 0 saturated carbocycles. The smallest absolute Gasteiger partial charge is 0.300 e. The van der Waals surface area contributed by atoms with Crippen LogP contribution in [0, 0.1) is 10.1 Å². The predicted molar refractivity (Wildman–Crippen MR) is 78.5 cm³/mol. The van der Waals surface area contributed by atoms with Gasteiger partial charge in [-0.05, 0) is 12.8 Å². The van der Waals surface area contributed by atoms with Crippen LogP contribution in [-0.4, -0.2) is 42.6 Å². The summed E-state index contributed by atoms with van der Waals surface area (Å²) in [6, 6.07) is 1.40. The van der Waals surface area contributed by atoms with Gasteiger partial charge in [0.1, 0.15) is 17.6 Å². The molecular formula is C13H20N4O4. The molecule has 0 aliphatic heterocycles. The predicted octanol–water partition coefficient (Wildman–Crippen LogP) is 1.58. The van der Waals surface area contributed by atoms with E-state index in [-0.39, 0.29) is 11.3 Å². The number of methoxy groups -OCH3 is 1. The summed E-state index contributed by atoms with van der Waals surface area (Å²) in [5.74, 6) is -0.0377. The van der Waals surface area contributed by atoms with Gasteiger partial charge in [-0.25, -0.2) is 4.98 Å². The molecule has 0 aliphatic carbocycles. The van der Waals surface area contributed by atoms with Gasteiger partial charge in [-0.2, -0.15) is 0 Å². The number of carbonyl (C=O) groups excluding carboxylic acids is 1. The van der Waals surface area contributed by atoms with E-state index in [1.165, 1.54) is 6.07 Å².